The Labute approximate surface area is 145 Å². The molecule has 0 radical (unpaired) electrons. The van der Waals surface area contributed by atoms with Crippen molar-refractivity contribution in [2.24, 2.45) is 0 Å². The maximum atomic E-state index is 12.4. The van der Waals surface area contributed by atoms with Gasteiger partial charge in [0.1, 0.15) is 0 Å². The molecule has 6 nitrogen and oxygen atoms in total. The molecule has 2 aliphatic rings. The van der Waals surface area contributed by atoms with Crippen LogP contribution in [0.1, 0.15) is 52.4 Å². The summed E-state index contributed by atoms with van der Waals surface area (Å²) in [5.74, 6) is -0.0198. The van der Waals surface area contributed by atoms with Crippen molar-refractivity contribution in [3.8, 4) is 0 Å². The molecule has 0 saturated heterocycles. The highest BCUT2D eigenvalue weighted by atomic mass is 32.1. The van der Waals surface area contributed by atoms with E-state index < -0.39 is 0 Å². The molecule has 0 spiro atoms. The first-order valence-electron chi connectivity index (χ1n) is 8.68. The predicted octanol–water partition coefficient (Wildman–Crippen LogP) is 2.34. The number of thiazole rings is 1. The van der Waals surface area contributed by atoms with Crippen LogP contribution in [0, 0.1) is 6.92 Å². The topological polar surface area (TPSA) is 63.1 Å². The van der Waals surface area contributed by atoms with E-state index in [1.165, 1.54) is 17.7 Å². The first-order valence-corrected chi connectivity index (χ1v) is 9.56. The minimum atomic E-state index is -0.0198. The summed E-state index contributed by atoms with van der Waals surface area (Å²) < 4.78 is 1.99. The van der Waals surface area contributed by atoms with E-state index in [1.54, 1.807) is 11.3 Å². The average Bonchev–Trinajstić information content (AvgIpc) is 3.29. The van der Waals surface area contributed by atoms with Crippen molar-refractivity contribution < 1.29 is 4.79 Å². The molecule has 24 heavy (non-hydrogen) atoms. The standard InChI is InChI=1S/C17H23N5OS/c1-12-16(24-11-18-12)10-21-6-7-22-14(9-21)8-15(20-22)17(23)19-13-4-2-3-5-13/h8,11,13H,2-7,9-10H2,1H3,(H,19,23). The van der Waals surface area contributed by atoms with Gasteiger partial charge in [-0.3, -0.25) is 14.4 Å². The molecule has 1 aliphatic carbocycles. The van der Waals surface area contributed by atoms with E-state index in [4.69, 9.17) is 0 Å². The average molecular weight is 345 g/mol. The van der Waals surface area contributed by atoms with Gasteiger partial charge in [0, 0.05) is 30.6 Å². The molecule has 0 aromatic carbocycles. The highest BCUT2D eigenvalue weighted by molar-refractivity contribution is 7.09. The Morgan fingerprint density at radius 3 is 2.96 bits per heavy atom. The molecule has 2 aromatic rings. The van der Waals surface area contributed by atoms with Gasteiger partial charge in [-0.05, 0) is 25.8 Å². The molecular weight excluding hydrogens is 322 g/mol. The van der Waals surface area contributed by atoms with Crippen LogP contribution >= 0.6 is 11.3 Å². The van der Waals surface area contributed by atoms with Gasteiger partial charge in [0.05, 0.1) is 23.4 Å². The Balaban J connectivity index is 1.41. The van der Waals surface area contributed by atoms with Gasteiger partial charge in [-0.1, -0.05) is 12.8 Å². The van der Waals surface area contributed by atoms with E-state index in [9.17, 15) is 4.79 Å². The normalized spacial score (nSPS) is 18.7. The number of carbonyl (C=O) groups excluding carboxylic acids is 1. The Hall–Kier alpha value is -1.73. The molecule has 3 heterocycles. The summed E-state index contributed by atoms with van der Waals surface area (Å²) in [6.45, 7) is 5.61. The summed E-state index contributed by atoms with van der Waals surface area (Å²) in [6.07, 6.45) is 4.63. The van der Waals surface area contributed by atoms with Gasteiger partial charge in [0.2, 0.25) is 0 Å². The smallest absolute Gasteiger partial charge is 0.272 e. The molecule has 1 N–H and O–H groups in total. The second-order valence-electron chi connectivity index (χ2n) is 6.77. The van der Waals surface area contributed by atoms with E-state index in [2.05, 4.69) is 27.2 Å². The van der Waals surface area contributed by atoms with Crippen molar-refractivity contribution in [1.29, 1.82) is 0 Å². The predicted molar refractivity (Wildman–Crippen MR) is 92.9 cm³/mol. The summed E-state index contributed by atoms with van der Waals surface area (Å²) >= 11 is 1.71. The molecule has 1 aliphatic heterocycles. The Kier molecular flexibility index (Phi) is 4.37. The summed E-state index contributed by atoms with van der Waals surface area (Å²) in [7, 11) is 0. The zero-order valence-electron chi connectivity index (χ0n) is 14.0. The van der Waals surface area contributed by atoms with Gasteiger partial charge >= 0.3 is 0 Å². The van der Waals surface area contributed by atoms with E-state index >= 15 is 0 Å². The quantitative estimate of drug-likeness (QED) is 0.924. The molecule has 0 unspecified atom stereocenters. The fourth-order valence-corrected chi connectivity index (χ4v) is 4.40. The number of hydrogen-bond donors (Lipinski definition) is 1. The van der Waals surface area contributed by atoms with E-state index in [0.717, 1.165) is 50.4 Å². The fourth-order valence-electron chi connectivity index (χ4n) is 3.58. The van der Waals surface area contributed by atoms with Crippen molar-refractivity contribution in [3.05, 3.63) is 33.5 Å². The molecular formula is C17H23N5OS. The maximum Gasteiger partial charge on any atom is 0.272 e. The SMILES string of the molecule is Cc1ncsc1CN1CCn2nc(C(=O)NC3CCCC3)cc2C1. The minimum absolute atomic E-state index is 0.0198. The fraction of sp³-hybridized carbons (Fsp3) is 0.588. The molecule has 2 aromatic heterocycles. The number of hydrogen-bond acceptors (Lipinski definition) is 5. The van der Waals surface area contributed by atoms with Crippen LogP contribution in [0.5, 0.6) is 0 Å². The summed E-state index contributed by atoms with van der Waals surface area (Å²) in [5, 5.41) is 7.63. The highest BCUT2D eigenvalue weighted by Gasteiger charge is 2.24. The van der Waals surface area contributed by atoms with Crippen molar-refractivity contribution in [1.82, 2.24) is 25.0 Å². The molecule has 7 heteroatoms. The van der Waals surface area contributed by atoms with Crippen molar-refractivity contribution in [2.45, 2.75) is 58.3 Å². The summed E-state index contributed by atoms with van der Waals surface area (Å²) in [5.41, 5.74) is 4.72. The maximum absolute atomic E-state index is 12.4. The Bertz CT molecular complexity index is 731. The minimum Gasteiger partial charge on any atom is -0.348 e. The van der Waals surface area contributed by atoms with Gasteiger partial charge < -0.3 is 5.32 Å². The zero-order chi connectivity index (χ0) is 16.5. The number of nitrogens with zero attached hydrogens (tertiary/aromatic N) is 4. The number of amides is 1. The lowest BCUT2D eigenvalue weighted by molar-refractivity contribution is 0.0931. The van der Waals surface area contributed by atoms with Crippen LogP contribution < -0.4 is 5.32 Å². The zero-order valence-corrected chi connectivity index (χ0v) is 14.8. The highest BCUT2D eigenvalue weighted by Crippen LogP contribution is 2.21. The lowest BCUT2D eigenvalue weighted by Crippen LogP contribution is -2.33. The van der Waals surface area contributed by atoms with Gasteiger partial charge in [-0.25, -0.2) is 4.98 Å². The first-order chi connectivity index (χ1) is 11.7. The van der Waals surface area contributed by atoms with Crippen LogP contribution in [0.4, 0.5) is 0 Å². The lowest BCUT2D eigenvalue weighted by atomic mass is 10.2. The van der Waals surface area contributed by atoms with Crippen LogP contribution in [0.2, 0.25) is 0 Å². The third-order valence-electron chi connectivity index (χ3n) is 5.01. The van der Waals surface area contributed by atoms with E-state index in [0.29, 0.717) is 11.7 Å². The van der Waals surface area contributed by atoms with Crippen LogP contribution in [-0.2, 0) is 19.6 Å². The Morgan fingerprint density at radius 2 is 2.21 bits per heavy atom. The van der Waals surface area contributed by atoms with Gasteiger partial charge in [-0.2, -0.15) is 5.10 Å². The molecule has 128 valence electrons. The van der Waals surface area contributed by atoms with Crippen molar-refractivity contribution in [3.63, 3.8) is 0 Å². The van der Waals surface area contributed by atoms with Crippen LogP contribution in [0.15, 0.2) is 11.6 Å². The monoisotopic (exact) mass is 345 g/mol. The summed E-state index contributed by atoms with van der Waals surface area (Å²) in [4.78, 5) is 20.4. The molecule has 0 bridgehead atoms. The van der Waals surface area contributed by atoms with Crippen LogP contribution in [-0.4, -0.2) is 38.2 Å². The molecule has 0 atom stereocenters. The van der Waals surface area contributed by atoms with Gasteiger partial charge in [-0.15, -0.1) is 11.3 Å². The number of aryl methyl sites for hydroxylation is 1. The number of rotatable bonds is 4. The van der Waals surface area contributed by atoms with Crippen LogP contribution in [0.3, 0.4) is 0 Å². The molecule has 1 saturated carbocycles. The largest absolute Gasteiger partial charge is 0.348 e. The second kappa shape index (κ2) is 6.64. The number of carbonyl (C=O) groups is 1. The van der Waals surface area contributed by atoms with Gasteiger partial charge in [0.25, 0.3) is 5.91 Å². The third kappa shape index (κ3) is 3.23. The summed E-state index contributed by atoms with van der Waals surface area (Å²) in [6, 6.07) is 2.29. The van der Waals surface area contributed by atoms with Crippen LogP contribution in [0.25, 0.3) is 0 Å². The van der Waals surface area contributed by atoms with Crippen molar-refractivity contribution >= 4 is 17.2 Å². The first kappa shape index (κ1) is 15.8. The number of nitrogens with one attached hydrogen (secondary N) is 1. The molecule has 1 fully saturated rings. The Morgan fingerprint density at radius 1 is 1.38 bits per heavy atom. The van der Waals surface area contributed by atoms with E-state index in [-0.39, 0.29) is 5.91 Å². The van der Waals surface area contributed by atoms with E-state index in [1.807, 2.05) is 16.3 Å². The molecule has 4 rings (SSSR count). The number of aromatic nitrogens is 3. The lowest BCUT2D eigenvalue weighted by Gasteiger charge is -2.27. The molecule has 1 amide bonds. The number of fused-ring (bicyclic) bond motifs is 1. The third-order valence-corrected chi connectivity index (χ3v) is 5.93. The van der Waals surface area contributed by atoms with Gasteiger partial charge in [0.15, 0.2) is 5.69 Å². The second-order valence-corrected chi connectivity index (χ2v) is 7.71. The van der Waals surface area contributed by atoms with Crippen molar-refractivity contribution in [2.75, 3.05) is 6.54 Å².